The summed E-state index contributed by atoms with van der Waals surface area (Å²) in [4.78, 5) is 11.9. The average molecular weight is 297 g/mol. The number of Topliss-reactive ketones (excluding diaryl/α,β-unsaturated/α-hetero) is 1. The Morgan fingerprint density at radius 3 is 2.68 bits per heavy atom. The molecule has 19 heavy (non-hydrogen) atoms. The first-order chi connectivity index (χ1) is 9.06. The van der Waals surface area contributed by atoms with Gasteiger partial charge in [-0.1, -0.05) is 29.3 Å². The number of benzene rings is 1. The molecule has 1 heterocycles. The number of nitrogens with zero attached hydrogens (tertiary/aromatic N) is 2. The van der Waals surface area contributed by atoms with Gasteiger partial charge in [0.05, 0.1) is 10.0 Å². The van der Waals surface area contributed by atoms with Crippen LogP contribution in [0.15, 0.2) is 30.5 Å². The van der Waals surface area contributed by atoms with Crippen molar-refractivity contribution in [3.05, 3.63) is 51.8 Å². The number of carbonyl (C=O) groups is 1. The monoisotopic (exact) mass is 296 g/mol. The van der Waals surface area contributed by atoms with E-state index in [1.807, 2.05) is 19.2 Å². The molecule has 0 atom stereocenters. The minimum absolute atomic E-state index is 0.180. The molecule has 1 aromatic heterocycles. The first-order valence-corrected chi connectivity index (χ1v) is 6.74. The van der Waals surface area contributed by atoms with Gasteiger partial charge in [0.2, 0.25) is 0 Å². The van der Waals surface area contributed by atoms with Crippen LogP contribution >= 0.6 is 23.2 Å². The molecule has 0 aliphatic heterocycles. The summed E-state index contributed by atoms with van der Waals surface area (Å²) in [5, 5.41) is 5.07. The summed E-state index contributed by atoms with van der Waals surface area (Å²) in [5.41, 5.74) is 1.95. The molecule has 0 saturated carbocycles. The molecular formula is C14H14Cl2N2O. The van der Waals surface area contributed by atoms with Crippen LogP contribution in [0.4, 0.5) is 0 Å². The van der Waals surface area contributed by atoms with Gasteiger partial charge >= 0.3 is 0 Å². The maximum absolute atomic E-state index is 11.9. The third-order valence-corrected chi connectivity index (χ3v) is 3.71. The molecule has 2 aromatic rings. The summed E-state index contributed by atoms with van der Waals surface area (Å²) in [6, 6.07) is 7.21. The summed E-state index contributed by atoms with van der Waals surface area (Å²) in [6.45, 7) is 0. The van der Waals surface area contributed by atoms with Gasteiger partial charge in [-0.25, -0.2) is 0 Å². The van der Waals surface area contributed by atoms with E-state index in [9.17, 15) is 4.79 Å². The zero-order valence-corrected chi connectivity index (χ0v) is 12.1. The quantitative estimate of drug-likeness (QED) is 0.847. The van der Waals surface area contributed by atoms with E-state index in [2.05, 4.69) is 5.10 Å². The van der Waals surface area contributed by atoms with Crippen molar-refractivity contribution in [1.82, 2.24) is 9.78 Å². The van der Waals surface area contributed by atoms with Crippen LogP contribution < -0.4 is 0 Å². The minimum Gasteiger partial charge on any atom is -0.299 e. The van der Waals surface area contributed by atoms with Gasteiger partial charge in [-0.15, -0.1) is 0 Å². The van der Waals surface area contributed by atoms with Gasteiger partial charge in [0, 0.05) is 31.8 Å². The first-order valence-electron chi connectivity index (χ1n) is 5.99. The Bertz CT molecular complexity index is 593. The third kappa shape index (κ3) is 3.82. The summed E-state index contributed by atoms with van der Waals surface area (Å²) in [6.07, 6.45) is 3.32. The highest BCUT2D eigenvalue weighted by Crippen LogP contribution is 2.23. The maximum atomic E-state index is 11.9. The van der Waals surface area contributed by atoms with E-state index in [4.69, 9.17) is 23.2 Å². The standard InChI is InChI=1S/C14H14Cl2N2O/c1-18-11(6-7-17-18)3-4-12(19)8-10-2-5-13(15)14(16)9-10/h2,5-7,9H,3-4,8H2,1H3. The van der Waals surface area contributed by atoms with E-state index in [1.54, 1.807) is 23.0 Å². The van der Waals surface area contributed by atoms with Crippen LogP contribution in [-0.4, -0.2) is 15.6 Å². The molecule has 0 spiro atoms. The maximum Gasteiger partial charge on any atom is 0.137 e. The van der Waals surface area contributed by atoms with Crippen LogP contribution in [0.5, 0.6) is 0 Å². The van der Waals surface area contributed by atoms with Crippen molar-refractivity contribution in [2.45, 2.75) is 19.3 Å². The second-order valence-electron chi connectivity index (χ2n) is 4.41. The second kappa shape index (κ2) is 6.22. The van der Waals surface area contributed by atoms with E-state index < -0.39 is 0 Å². The molecule has 0 aliphatic rings. The van der Waals surface area contributed by atoms with Crippen molar-refractivity contribution in [2.75, 3.05) is 0 Å². The Kier molecular flexibility index (Phi) is 4.61. The molecule has 0 unspecified atom stereocenters. The lowest BCUT2D eigenvalue weighted by molar-refractivity contribution is -0.118. The van der Waals surface area contributed by atoms with Crippen LogP contribution in [0.3, 0.4) is 0 Å². The number of aromatic nitrogens is 2. The zero-order valence-electron chi connectivity index (χ0n) is 10.6. The Labute approximate surface area is 122 Å². The number of ketones is 1. The fourth-order valence-electron chi connectivity index (χ4n) is 1.88. The minimum atomic E-state index is 0.180. The smallest absolute Gasteiger partial charge is 0.137 e. The van der Waals surface area contributed by atoms with Crippen molar-refractivity contribution >= 4 is 29.0 Å². The number of halogens is 2. The predicted molar refractivity (Wildman–Crippen MR) is 76.7 cm³/mol. The van der Waals surface area contributed by atoms with Gasteiger partial charge < -0.3 is 0 Å². The Balaban J connectivity index is 1.91. The summed E-state index contributed by atoms with van der Waals surface area (Å²) in [5.74, 6) is 0.180. The molecule has 2 rings (SSSR count). The van der Waals surface area contributed by atoms with E-state index in [0.29, 0.717) is 29.3 Å². The van der Waals surface area contributed by atoms with Gasteiger partial charge in [-0.05, 0) is 30.2 Å². The van der Waals surface area contributed by atoms with Crippen molar-refractivity contribution in [3.63, 3.8) is 0 Å². The molecule has 0 fully saturated rings. The molecule has 0 amide bonds. The molecule has 0 radical (unpaired) electrons. The van der Waals surface area contributed by atoms with Gasteiger partial charge in [-0.2, -0.15) is 5.10 Å². The van der Waals surface area contributed by atoms with Crippen molar-refractivity contribution in [2.24, 2.45) is 7.05 Å². The van der Waals surface area contributed by atoms with Crippen LogP contribution in [0.2, 0.25) is 10.0 Å². The van der Waals surface area contributed by atoms with E-state index in [-0.39, 0.29) is 5.78 Å². The number of rotatable bonds is 5. The Morgan fingerprint density at radius 1 is 1.26 bits per heavy atom. The molecule has 100 valence electrons. The molecule has 0 aliphatic carbocycles. The van der Waals surface area contributed by atoms with Gasteiger partial charge in [-0.3, -0.25) is 9.48 Å². The van der Waals surface area contributed by atoms with Crippen molar-refractivity contribution < 1.29 is 4.79 Å². The lowest BCUT2D eigenvalue weighted by Crippen LogP contribution is -2.06. The van der Waals surface area contributed by atoms with Gasteiger partial charge in [0.1, 0.15) is 5.78 Å². The summed E-state index contributed by atoms with van der Waals surface area (Å²) in [7, 11) is 1.87. The average Bonchev–Trinajstić information content (AvgIpc) is 2.77. The number of hydrogen-bond acceptors (Lipinski definition) is 2. The molecule has 0 saturated heterocycles. The van der Waals surface area contributed by atoms with Crippen LogP contribution in [0.25, 0.3) is 0 Å². The predicted octanol–water partition coefficient (Wildman–Crippen LogP) is 3.47. The first kappa shape index (κ1) is 14.1. The van der Waals surface area contributed by atoms with Gasteiger partial charge in [0.15, 0.2) is 0 Å². The highest BCUT2D eigenvalue weighted by molar-refractivity contribution is 6.42. The Hall–Kier alpha value is -1.32. The molecule has 1 aromatic carbocycles. The lowest BCUT2D eigenvalue weighted by Gasteiger charge is -2.04. The summed E-state index contributed by atoms with van der Waals surface area (Å²) < 4.78 is 1.78. The van der Waals surface area contributed by atoms with E-state index >= 15 is 0 Å². The molecule has 3 nitrogen and oxygen atoms in total. The Morgan fingerprint density at radius 2 is 2.05 bits per heavy atom. The van der Waals surface area contributed by atoms with E-state index in [1.165, 1.54) is 0 Å². The van der Waals surface area contributed by atoms with Gasteiger partial charge in [0.25, 0.3) is 0 Å². The summed E-state index contributed by atoms with van der Waals surface area (Å²) >= 11 is 11.8. The lowest BCUT2D eigenvalue weighted by atomic mass is 10.0. The topological polar surface area (TPSA) is 34.9 Å². The number of hydrogen-bond donors (Lipinski definition) is 0. The molecule has 0 N–H and O–H groups in total. The highest BCUT2D eigenvalue weighted by Gasteiger charge is 2.07. The van der Waals surface area contributed by atoms with Crippen LogP contribution in [-0.2, 0) is 24.7 Å². The zero-order chi connectivity index (χ0) is 13.8. The SMILES string of the molecule is Cn1nccc1CCC(=O)Cc1ccc(Cl)c(Cl)c1. The van der Waals surface area contributed by atoms with Crippen molar-refractivity contribution in [1.29, 1.82) is 0 Å². The molecule has 0 bridgehead atoms. The number of aryl methyl sites for hydroxylation is 2. The fourth-order valence-corrected chi connectivity index (χ4v) is 2.20. The van der Waals surface area contributed by atoms with E-state index in [0.717, 1.165) is 11.3 Å². The number of carbonyl (C=O) groups excluding carboxylic acids is 1. The highest BCUT2D eigenvalue weighted by atomic mass is 35.5. The molecule has 5 heteroatoms. The van der Waals surface area contributed by atoms with Crippen molar-refractivity contribution in [3.8, 4) is 0 Å². The third-order valence-electron chi connectivity index (χ3n) is 2.97. The van der Waals surface area contributed by atoms with Crippen LogP contribution in [0, 0.1) is 0 Å². The second-order valence-corrected chi connectivity index (χ2v) is 5.22. The fraction of sp³-hybridized carbons (Fsp3) is 0.286. The van der Waals surface area contributed by atoms with Crippen LogP contribution in [0.1, 0.15) is 17.7 Å². The largest absolute Gasteiger partial charge is 0.299 e. The normalized spacial score (nSPS) is 10.7. The molecular weight excluding hydrogens is 283 g/mol.